The van der Waals surface area contributed by atoms with Crippen molar-refractivity contribution in [1.82, 2.24) is 15.3 Å². The van der Waals surface area contributed by atoms with Crippen molar-refractivity contribution in [2.24, 2.45) is 0 Å². The lowest BCUT2D eigenvalue weighted by Crippen LogP contribution is -2.25. The third kappa shape index (κ3) is 3.97. The first kappa shape index (κ1) is 17.0. The number of fused-ring (bicyclic) bond motifs is 1. The molecule has 6 nitrogen and oxygen atoms in total. The van der Waals surface area contributed by atoms with Crippen LogP contribution >= 0.6 is 11.6 Å². The van der Waals surface area contributed by atoms with E-state index in [1.54, 1.807) is 19.2 Å². The van der Waals surface area contributed by atoms with Gasteiger partial charge in [-0.05, 0) is 31.2 Å². The zero-order valence-electron chi connectivity index (χ0n) is 13.5. The zero-order chi connectivity index (χ0) is 17.8. The van der Waals surface area contributed by atoms with Gasteiger partial charge < -0.3 is 15.7 Å². The summed E-state index contributed by atoms with van der Waals surface area (Å²) in [6.07, 6.45) is 0.631. The number of carbonyl (C=O) groups is 1. The molecule has 2 aromatic heterocycles. The number of halogens is 1. The standard InChI is InChI=1S/C18H17ClN4O2/c1-11(22-18(24)25)14-9-12-5-4-7-15(19)16(12)23-17(14)21-10-13-6-2-3-8-20-13/h2-9,11,22H,10H2,1H3,(H,21,23)(H,24,25). The minimum Gasteiger partial charge on any atom is -0.465 e. The van der Waals surface area contributed by atoms with E-state index in [0.717, 1.165) is 16.6 Å². The minimum absolute atomic E-state index is 0.431. The number of anilines is 1. The third-order valence-electron chi connectivity index (χ3n) is 3.80. The summed E-state index contributed by atoms with van der Waals surface area (Å²) in [6.45, 7) is 2.24. The Morgan fingerprint density at radius 3 is 2.84 bits per heavy atom. The average Bonchev–Trinajstić information content (AvgIpc) is 2.60. The highest BCUT2D eigenvalue weighted by Gasteiger charge is 2.16. The van der Waals surface area contributed by atoms with Gasteiger partial charge in [-0.15, -0.1) is 0 Å². The van der Waals surface area contributed by atoms with Gasteiger partial charge in [-0.3, -0.25) is 4.98 Å². The van der Waals surface area contributed by atoms with E-state index in [1.807, 2.05) is 36.4 Å². The molecule has 1 amide bonds. The second-order valence-electron chi connectivity index (χ2n) is 5.58. The van der Waals surface area contributed by atoms with Gasteiger partial charge in [0.25, 0.3) is 0 Å². The number of amides is 1. The summed E-state index contributed by atoms with van der Waals surface area (Å²) < 4.78 is 0. The molecule has 1 atom stereocenters. The van der Waals surface area contributed by atoms with Crippen LogP contribution in [0.2, 0.25) is 5.02 Å². The molecule has 128 valence electrons. The molecule has 2 heterocycles. The van der Waals surface area contributed by atoms with E-state index in [1.165, 1.54) is 0 Å². The molecule has 0 aliphatic heterocycles. The summed E-state index contributed by atoms with van der Waals surface area (Å²) in [5.74, 6) is 0.576. The predicted molar refractivity (Wildman–Crippen MR) is 97.9 cm³/mol. The highest BCUT2D eigenvalue weighted by molar-refractivity contribution is 6.35. The zero-order valence-corrected chi connectivity index (χ0v) is 14.3. The van der Waals surface area contributed by atoms with E-state index in [0.29, 0.717) is 22.9 Å². The molecule has 0 saturated carbocycles. The Bertz CT molecular complexity index is 902. The second-order valence-corrected chi connectivity index (χ2v) is 5.99. The number of rotatable bonds is 5. The lowest BCUT2D eigenvalue weighted by Gasteiger charge is -2.18. The second kappa shape index (κ2) is 7.36. The van der Waals surface area contributed by atoms with Crippen molar-refractivity contribution in [3.8, 4) is 0 Å². The van der Waals surface area contributed by atoms with E-state index in [2.05, 4.69) is 20.6 Å². The number of pyridine rings is 2. The quantitative estimate of drug-likeness (QED) is 0.637. The lowest BCUT2D eigenvalue weighted by atomic mass is 10.1. The van der Waals surface area contributed by atoms with Gasteiger partial charge in [0.15, 0.2) is 0 Å². The van der Waals surface area contributed by atoms with Gasteiger partial charge in [0.05, 0.1) is 28.8 Å². The molecule has 0 bridgehead atoms. The summed E-state index contributed by atoms with van der Waals surface area (Å²) in [5.41, 5.74) is 2.26. The topological polar surface area (TPSA) is 87.1 Å². The van der Waals surface area contributed by atoms with Crippen LogP contribution < -0.4 is 10.6 Å². The van der Waals surface area contributed by atoms with Gasteiger partial charge in [0.1, 0.15) is 5.82 Å². The van der Waals surface area contributed by atoms with Crippen LogP contribution in [0.15, 0.2) is 48.7 Å². The van der Waals surface area contributed by atoms with Crippen LogP contribution in [0.25, 0.3) is 10.9 Å². The maximum atomic E-state index is 11.0. The molecule has 0 radical (unpaired) electrons. The normalized spacial score (nSPS) is 11.9. The van der Waals surface area contributed by atoms with Crippen LogP contribution in [-0.2, 0) is 6.54 Å². The summed E-state index contributed by atoms with van der Waals surface area (Å²) in [5, 5.41) is 16.1. The van der Waals surface area contributed by atoms with Crippen LogP contribution in [-0.4, -0.2) is 21.2 Å². The van der Waals surface area contributed by atoms with Gasteiger partial charge in [0, 0.05) is 17.1 Å². The van der Waals surface area contributed by atoms with Gasteiger partial charge in [-0.25, -0.2) is 9.78 Å². The molecule has 0 fully saturated rings. The fourth-order valence-electron chi connectivity index (χ4n) is 2.59. The van der Waals surface area contributed by atoms with Crippen molar-refractivity contribution >= 4 is 34.4 Å². The van der Waals surface area contributed by atoms with Crippen LogP contribution in [0.4, 0.5) is 10.6 Å². The van der Waals surface area contributed by atoms with Crippen molar-refractivity contribution < 1.29 is 9.90 Å². The highest BCUT2D eigenvalue weighted by Crippen LogP contribution is 2.29. The highest BCUT2D eigenvalue weighted by atomic mass is 35.5. The molecule has 3 aromatic rings. The van der Waals surface area contributed by atoms with Gasteiger partial charge >= 0.3 is 6.09 Å². The number of nitrogens with zero attached hydrogens (tertiary/aromatic N) is 2. The predicted octanol–water partition coefficient (Wildman–Crippen LogP) is 4.22. The SMILES string of the molecule is CC(NC(=O)O)c1cc2cccc(Cl)c2nc1NCc1ccccn1. The molecular formula is C18H17ClN4O2. The minimum atomic E-state index is -1.09. The van der Waals surface area contributed by atoms with Crippen molar-refractivity contribution in [3.05, 3.63) is 64.9 Å². The van der Waals surface area contributed by atoms with E-state index < -0.39 is 12.1 Å². The molecule has 3 N–H and O–H groups in total. The monoisotopic (exact) mass is 356 g/mol. The number of nitrogens with one attached hydrogen (secondary N) is 2. The number of hydrogen-bond acceptors (Lipinski definition) is 4. The molecular weight excluding hydrogens is 340 g/mol. The number of carboxylic acid groups (broad SMARTS) is 1. The van der Waals surface area contributed by atoms with Crippen molar-refractivity contribution in [2.75, 3.05) is 5.32 Å². The summed E-state index contributed by atoms with van der Waals surface area (Å²) in [6, 6.07) is 12.6. The summed E-state index contributed by atoms with van der Waals surface area (Å²) in [4.78, 5) is 19.9. The van der Waals surface area contributed by atoms with Crippen molar-refractivity contribution in [3.63, 3.8) is 0 Å². The number of aromatic nitrogens is 2. The first-order valence-corrected chi connectivity index (χ1v) is 8.15. The van der Waals surface area contributed by atoms with Crippen LogP contribution in [0.3, 0.4) is 0 Å². The van der Waals surface area contributed by atoms with E-state index >= 15 is 0 Å². The molecule has 0 aliphatic carbocycles. The first-order chi connectivity index (χ1) is 12.0. The summed E-state index contributed by atoms with van der Waals surface area (Å²) in [7, 11) is 0. The van der Waals surface area contributed by atoms with Crippen molar-refractivity contribution in [2.45, 2.75) is 19.5 Å². The Balaban J connectivity index is 2.00. The molecule has 1 aromatic carbocycles. The van der Waals surface area contributed by atoms with E-state index in [4.69, 9.17) is 16.7 Å². The Morgan fingerprint density at radius 2 is 2.12 bits per heavy atom. The van der Waals surface area contributed by atoms with Gasteiger partial charge in [0.2, 0.25) is 0 Å². The smallest absolute Gasteiger partial charge is 0.405 e. The fraction of sp³-hybridized carbons (Fsp3) is 0.167. The Labute approximate surface area is 149 Å². The Kier molecular flexibility index (Phi) is 5.00. The maximum absolute atomic E-state index is 11.0. The number of benzene rings is 1. The maximum Gasteiger partial charge on any atom is 0.405 e. The van der Waals surface area contributed by atoms with Gasteiger partial charge in [-0.2, -0.15) is 0 Å². The molecule has 0 saturated heterocycles. The van der Waals surface area contributed by atoms with E-state index in [-0.39, 0.29) is 0 Å². The fourth-order valence-corrected chi connectivity index (χ4v) is 2.81. The molecule has 7 heteroatoms. The van der Waals surface area contributed by atoms with Gasteiger partial charge in [-0.1, -0.05) is 29.8 Å². The number of hydrogen-bond donors (Lipinski definition) is 3. The Morgan fingerprint density at radius 1 is 1.28 bits per heavy atom. The van der Waals surface area contributed by atoms with Crippen LogP contribution in [0.5, 0.6) is 0 Å². The molecule has 0 aliphatic rings. The first-order valence-electron chi connectivity index (χ1n) is 7.77. The lowest BCUT2D eigenvalue weighted by molar-refractivity contribution is 0.191. The third-order valence-corrected chi connectivity index (χ3v) is 4.10. The molecule has 1 unspecified atom stereocenters. The molecule has 3 rings (SSSR count). The summed E-state index contributed by atoms with van der Waals surface area (Å²) >= 11 is 6.25. The van der Waals surface area contributed by atoms with Crippen LogP contribution in [0.1, 0.15) is 24.2 Å². The van der Waals surface area contributed by atoms with Crippen molar-refractivity contribution in [1.29, 1.82) is 0 Å². The number of para-hydroxylation sites is 1. The molecule has 0 spiro atoms. The Hall–Kier alpha value is -2.86. The van der Waals surface area contributed by atoms with Crippen LogP contribution in [0, 0.1) is 0 Å². The largest absolute Gasteiger partial charge is 0.465 e. The molecule has 25 heavy (non-hydrogen) atoms. The average molecular weight is 357 g/mol. The van der Waals surface area contributed by atoms with E-state index in [9.17, 15) is 4.79 Å².